The highest BCUT2D eigenvalue weighted by Crippen LogP contribution is 2.54. The SMILES string of the molecule is CC(C)P(=O)(c1ccccc1[Si](C)c1ccccc1P(=O)(C(C)C)C(C)C)C(C)C. The van der Waals surface area contributed by atoms with E-state index in [1.165, 1.54) is 10.4 Å². The molecule has 0 aliphatic heterocycles. The van der Waals surface area contributed by atoms with Gasteiger partial charge in [0.25, 0.3) is 0 Å². The highest BCUT2D eigenvalue weighted by molar-refractivity contribution is 7.74. The van der Waals surface area contributed by atoms with Gasteiger partial charge in [0.15, 0.2) is 0 Å². The molecule has 0 atom stereocenters. The number of hydrogen-bond acceptors (Lipinski definition) is 2. The normalized spacial score (nSPS) is 13.3. The first kappa shape index (κ1) is 25.4. The third-order valence-electron chi connectivity index (χ3n) is 6.44. The third kappa shape index (κ3) is 4.36. The van der Waals surface area contributed by atoms with Crippen molar-refractivity contribution in [2.45, 2.75) is 84.6 Å². The summed E-state index contributed by atoms with van der Waals surface area (Å²) < 4.78 is 28.5. The number of rotatable bonds is 8. The number of hydrogen-bond donors (Lipinski definition) is 0. The first-order valence-corrected chi connectivity index (χ1v) is 16.8. The van der Waals surface area contributed by atoms with Crippen LogP contribution in [-0.4, -0.2) is 31.4 Å². The molecule has 2 rings (SSSR count). The molecule has 0 aliphatic rings. The van der Waals surface area contributed by atoms with Crippen molar-refractivity contribution < 1.29 is 9.13 Å². The summed E-state index contributed by atoms with van der Waals surface area (Å²) in [4.78, 5) is 0. The van der Waals surface area contributed by atoms with Gasteiger partial charge in [0.1, 0.15) is 23.1 Å². The van der Waals surface area contributed by atoms with Gasteiger partial charge in [0, 0.05) is 33.2 Å². The van der Waals surface area contributed by atoms with Gasteiger partial charge in [-0.05, 0) is 10.4 Å². The summed E-state index contributed by atoms with van der Waals surface area (Å²) in [6.45, 7) is 18.9. The molecule has 1 radical (unpaired) electrons. The van der Waals surface area contributed by atoms with Crippen LogP contribution >= 0.6 is 14.3 Å². The summed E-state index contributed by atoms with van der Waals surface area (Å²) in [5, 5.41) is 4.48. The molecule has 2 aromatic carbocycles. The van der Waals surface area contributed by atoms with Crippen molar-refractivity contribution in [1.82, 2.24) is 0 Å². The van der Waals surface area contributed by atoms with Gasteiger partial charge in [-0.25, -0.2) is 0 Å². The Balaban J connectivity index is 2.76. The van der Waals surface area contributed by atoms with Crippen molar-refractivity contribution in [2.75, 3.05) is 0 Å². The molecule has 2 aromatic rings. The summed E-state index contributed by atoms with van der Waals surface area (Å²) in [5.74, 6) is 0. The Morgan fingerprint density at radius 1 is 0.567 bits per heavy atom. The third-order valence-corrected chi connectivity index (χ3v) is 17.8. The largest absolute Gasteiger partial charge is 0.318 e. The quantitative estimate of drug-likeness (QED) is 0.382. The molecular weight excluding hydrogens is 422 g/mol. The average molecular weight is 462 g/mol. The zero-order chi connectivity index (χ0) is 22.9. The van der Waals surface area contributed by atoms with Gasteiger partial charge in [-0.3, -0.25) is 0 Å². The summed E-state index contributed by atoms with van der Waals surface area (Å²) in [6.07, 6.45) is 0. The molecule has 0 bridgehead atoms. The fourth-order valence-corrected chi connectivity index (χ4v) is 14.8. The van der Waals surface area contributed by atoms with E-state index in [0.29, 0.717) is 0 Å². The molecule has 0 N–H and O–H groups in total. The van der Waals surface area contributed by atoms with Gasteiger partial charge in [-0.1, -0.05) is 110 Å². The monoisotopic (exact) mass is 461 g/mol. The van der Waals surface area contributed by atoms with Crippen LogP contribution < -0.4 is 21.0 Å². The van der Waals surface area contributed by atoms with E-state index in [4.69, 9.17) is 0 Å². The Hall–Kier alpha value is -0.883. The highest BCUT2D eigenvalue weighted by atomic mass is 31.2. The topological polar surface area (TPSA) is 34.1 Å². The first-order chi connectivity index (χ1) is 13.9. The first-order valence-electron chi connectivity index (χ1n) is 11.1. The van der Waals surface area contributed by atoms with Crippen LogP contribution in [0, 0.1) is 0 Å². The van der Waals surface area contributed by atoms with Gasteiger partial charge >= 0.3 is 0 Å². The van der Waals surface area contributed by atoms with E-state index in [2.05, 4.69) is 98.3 Å². The highest BCUT2D eigenvalue weighted by Gasteiger charge is 2.38. The van der Waals surface area contributed by atoms with Crippen molar-refractivity contribution >= 4 is 44.1 Å². The van der Waals surface area contributed by atoms with E-state index in [9.17, 15) is 9.13 Å². The Labute approximate surface area is 186 Å². The van der Waals surface area contributed by atoms with Crippen LogP contribution in [0.25, 0.3) is 0 Å². The van der Waals surface area contributed by atoms with E-state index in [1.54, 1.807) is 0 Å². The second-order valence-corrected chi connectivity index (χ2v) is 19.7. The van der Waals surface area contributed by atoms with E-state index >= 15 is 0 Å². The van der Waals surface area contributed by atoms with Crippen LogP contribution in [0.5, 0.6) is 0 Å². The van der Waals surface area contributed by atoms with Crippen LogP contribution in [0.1, 0.15) is 55.4 Å². The molecular formula is C25H39O2P2Si. The van der Waals surface area contributed by atoms with E-state index < -0.39 is 23.1 Å². The maximum absolute atomic E-state index is 14.2. The molecule has 2 nitrogen and oxygen atoms in total. The second-order valence-electron chi connectivity index (χ2n) is 9.45. The zero-order valence-electron chi connectivity index (χ0n) is 20.1. The van der Waals surface area contributed by atoms with Gasteiger partial charge in [-0.2, -0.15) is 0 Å². The van der Waals surface area contributed by atoms with Gasteiger partial charge in [0.2, 0.25) is 0 Å². The van der Waals surface area contributed by atoms with Crippen LogP contribution in [-0.2, 0) is 9.13 Å². The lowest BCUT2D eigenvalue weighted by Crippen LogP contribution is -2.52. The van der Waals surface area contributed by atoms with Gasteiger partial charge < -0.3 is 9.13 Å². The standard InChI is InChI=1S/C25H39O2P2Si/c1-18(2)28(26,19(3)4)22-14-10-12-16-24(22)30(9)25-17-13-11-15-23(25)29(27,20(5)6)21(7)8/h10-21H,1-9H3. The smallest absolute Gasteiger partial charge is 0.120 e. The zero-order valence-corrected chi connectivity index (χ0v) is 22.9. The molecule has 30 heavy (non-hydrogen) atoms. The lowest BCUT2D eigenvalue weighted by Gasteiger charge is -2.32. The Kier molecular flexibility index (Phi) is 8.22. The van der Waals surface area contributed by atoms with E-state index in [0.717, 1.165) is 10.6 Å². The Morgan fingerprint density at radius 3 is 1.10 bits per heavy atom. The molecule has 0 aliphatic carbocycles. The molecule has 0 aromatic heterocycles. The molecule has 0 heterocycles. The van der Waals surface area contributed by atoms with Crippen LogP contribution in [0.2, 0.25) is 6.55 Å². The molecule has 0 saturated carbocycles. The Morgan fingerprint density at radius 2 is 0.833 bits per heavy atom. The fraction of sp³-hybridized carbons (Fsp3) is 0.520. The molecule has 0 saturated heterocycles. The van der Waals surface area contributed by atoms with Crippen molar-refractivity contribution in [1.29, 1.82) is 0 Å². The summed E-state index contributed by atoms with van der Waals surface area (Å²) in [7, 11) is -6.38. The summed E-state index contributed by atoms with van der Waals surface area (Å²) in [5.41, 5.74) is 0.393. The van der Waals surface area contributed by atoms with E-state index in [1.807, 2.05) is 12.1 Å². The van der Waals surface area contributed by atoms with Crippen molar-refractivity contribution in [3.05, 3.63) is 48.5 Å². The van der Waals surface area contributed by atoms with Crippen LogP contribution in [0.15, 0.2) is 48.5 Å². The predicted molar refractivity (Wildman–Crippen MR) is 139 cm³/mol. The predicted octanol–water partition coefficient (Wildman–Crippen LogP) is 5.54. The van der Waals surface area contributed by atoms with Gasteiger partial charge in [0.05, 0.1) is 0 Å². The maximum Gasteiger partial charge on any atom is 0.120 e. The molecule has 0 fully saturated rings. The van der Waals surface area contributed by atoms with Crippen LogP contribution in [0.3, 0.4) is 0 Å². The molecule has 165 valence electrons. The fourth-order valence-electron chi connectivity index (χ4n) is 4.64. The number of benzene rings is 2. The van der Waals surface area contributed by atoms with Gasteiger partial charge in [-0.15, -0.1) is 0 Å². The van der Waals surface area contributed by atoms with E-state index in [-0.39, 0.29) is 22.6 Å². The minimum Gasteiger partial charge on any atom is -0.318 e. The van der Waals surface area contributed by atoms with Crippen LogP contribution in [0.4, 0.5) is 0 Å². The molecule has 0 spiro atoms. The second kappa shape index (κ2) is 9.72. The molecule has 0 amide bonds. The molecule has 5 heteroatoms. The van der Waals surface area contributed by atoms with Crippen molar-refractivity contribution in [2.24, 2.45) is 0 Å². The molecule has 0 unspecified atom stereocenters. The lowest BCUT2D eigenvalue weighted by atomic mass is 10.3. The minimum absolute atomic E-state index is 0.0983. The maximum atomic E-state index is 14.2. The van der Waals surface area contributed by atoms with Crippen molar-refractivity contribution in [3.63, 3.8) is 0 Å². The minimum atomic E-state index is -2.57. The van der Waals surface area contributed by atoms with Crippen molar-refractivity contribution in [3.8, 4) is 0 Å². The lowest BCUT2D eigenvalue weighted by molar-refractivity contribution is 0.568. The summed E-state index contributed by atoms with van der Waals surface area (Å²) in [6, 6.07) is 16.6. The average Bonchev–Trinajstić information content (AvgIpc) is 2.71. The summed E-state index contributed by atoms with van der Waals surface area (Å²) >= 11 is 0. The Bertz CT molecular complexity index is 862.